The van der Waals surface area contributed by atoms with E-state index in [9.17, 15) is 14.4 Å². The van der Waals surface area contributed by atoms with Gasteiger partial charge in [0.2, 0.25) is 11.8 Å². The molecule has 0 N–H and O–H groups in total. The van der Waals surface area contributed by atoms with Crippen molar-refractivity contribution < 1.29 is 19.1 Å². The van der Waals surface area contributed by atoms with Gasteiger partial charge in [-0.3, -0.25) is 19.3 Å². The number of methoxy groups -OCH3 is 1. The summed E-state index contributed by atoms with van der Waals surface area (Å²) in [6, 6.07) is 13.9. The van der Waals surface area contributed by atoms with Crippen LogP contribution >= 0.6 is 27.5 Å². The zero-order valence-electron chi connectivity index (χ0n) is 16.4. The molecule has 0 bridgehead atoms. The molecule has 0 aromatic heterocycles. The maximum atomic E-state index is 12.9. The van der Waals surface area contributed by atoms with E-state index >= 15 is 0 Å². The highest BCUT2D eigenvalue weighted by Gasteiger charge is 2.33. The second-order valence-electron chi connectivity index (χ2n) is 6.76. The number of halogens is 2. The van der Waals surface area contributed by atoms with Crippen LogP contribution in [0.3, 0.4) is 0 Å². The summed E-state index contributed by atoms with van der Waals surface area (Å²) in [5.74, 6) is -0.793. The van der Waals surface area contributed by atoms with Crippen molar-refractivity contribution in [2.75, 3.05) is 44.9 Å². The van der Waals surface area contributed by atoms with Crippen molar-refractivity contribution in [2.45, 2.75) is 0 Å². The van der Waals surface area contributed by atoms with Gasteiger partial charge in [0, 0.05) is 34.4 Å². The van der Waals surface area contributed by atoms with Gasteiger partial charge in [-0.1, -0.05) is 39.7 Å². The third-order valence-corrected chi connectivity index (χ3v) is 5.39. The molecule has 1 heterocycles. The maximum absolute atomic E-state index is 12.9. The average molecular weight is 495 g/mol. The Morgan fingerprint density at radius 2 is 1.97 bits per heavy atom. The summed E-state index contributed by atoms with van der Waals surface area (Å²) < 4.78 is 5.86. The van der Waals surface area contributed by atoms with Gasteiger partial charge < -0.3 is 14.5 Å². The lowest BCUT2D eigenvalue weighted by Crippen LogP contribution is -2.44. The molecule has 1 aliphatic heterocycles. The first-order chi connectivity index (χ1) is 14.4. The van der Waals surface area contributed by atoms with Crippen LogP contribution in [-0.2, 0) is 14.3 Å². The molecule has 0 unspecified atom stereocenters. The van der Waals surface area contributed by atoms with E-state index in [1.807, 2.05) is 6.07 Å². The SMILES string of the molecule is COCCN(CC(=O)N1CC(=O)N(c2cccc(Cl)c2)C1)C(=O)c1cccc(Br)c1. The summed E-state index contributed by atoms with van der Waals surface area (Å²) in [5, 5.41) is 0.510. The summed E-state index contributed by atoms with van der Waals surface area (Å²) >= 11 is 9.37. The molecular weight excluding hydrogens is 474 g/mol. The Bertz CT molecular complexity index is 955. The Kier molecular flexibility index (Phi) is 7.47. The van der Waals surface area contributed by atoms with Crippen molar-refractivity contribution in [3.05, 3.63) is 63.6 Å². The quantitative estimate of drug-likeness (QED) is 0.593. The minimum atomic E-state index is -0.313. The zero-order valence-corrected chi connectivity index (χ0v) is 18.7. The van der Waals surface area contributed by atoms with E-state index in [1.54, 1.807) is 42.5 Å². The summed E-state index contributed by atoms with van der Waals surface area (Å²) in [6.45, 7) is 0.467. The summed E-state index contributed by atoms with van der Waals surface area (Å²) in [4.78, 5) is 42.6. The van der Waals surface area contributed by atoms with Crippen LogP contribution in [0.2, 0.25) is 5.02 Å². The van der Waals surface area contributed by atoms with Gasteiger partial charge in [-0.25, -0.2) is 0 Å². The van der Waals surface area contributed by atoms with Crippen molar-refractivity contribution in [1.29, 1.82) is 0 Å². The van der Waals surface area contributed by atoms with E-state index in [4.69, 9.17) is 16.3 Å². The number of benzene rings is 2. The average Bonchev–Trinajstić information content (AvgIpc) is 3.12. The van der Waals surface area contributed by atoms with Crippen LogP contribution in [0.25, 0.3) is 0 Å². The second-order valence-corrected chi connectivity index (χ2v) is 8.12. The summed E-state index contributed by atoms with van der Waals surface area (Å²) in [7, 11) is 1.53. The van der Waals surface area contributed by atoms with Crippen LogP contribution in [-0.4, -0.2) is 67.5 Å². The monoisotopic (exact) mass is 493 g/mol. The molecule has 3 rings (SSSR count). The molecule has 0 aliphatic carbocycles. The molecule has 1 saturated heterocycles. The Morgan fingerprint density at radius 3 is 2.67 bits per heavy atom. The molecule has 3 amide bonds. The number of hydrogen-bond donors (Lipinski definition) is 0. The smallest absolute Gasteiger partial charge is 0.254 e. The van der Waals surface area contributed by atoms with Crippen molar-refractivity contribution in [2.24, 2.45) is 0 Å². The van der Waals surface area contributed by atoms with Crippen molar-refractivity contribution in [1.82, 2.24) is 9.80 Å². The van der Waals surface area contributed by atoms with Crippen LogP contribution in [0.1, 0.15) is 10.4 Å². The van der Waals surface area contributed by atoms with Crippen molar-refractivity contribution >= 4 is 50.9 Å². The number of carbonyl (C=O) groups excluding carboxylic acids is 3. The molecule has 2 aromatic rings. The lowest BCUT2D eigenvalue weighted by Gasteiger charge is -2.25. The summed E-state index contributed by atoms with van der Waals surface area (Å²) in [5.41, 5.74) is 1.09. The molecule has 7 nitrogen and oxygen atoms in total. The van der Waals surface area contributed by atoms with Crippen LogP contribution in [0.4, 0.5) is 5.69 Å². The molecule has 0 radical (unpaired) electrons. The molecule has 2 aromatic carbocycles. The fraction of sp³-hybridized carbons (Fsp3) is 0.286. The van der Waals surface area contributed by atoms with E-state index < -0.39 is 0 Å². The molecular formula is C21H21BrClN3O4. The van der Waals surface area contributed by atoms with E-state index in [2.05, 4.69) is 15.9 Å². The minimum Gasteiger partial charge on any atom is -0.383 e. The Labute approximate surface area is 188 Å². The highest BCUT2D eigenvalue weighted by Crippen LogP contribution is 2.23. The minimum absolute atomic E-state index is 0.0471. The largest absolute Gasteiger partial charge is 0.383 e. The molecule has 158 valence electrons. The number of amides is 3. The number of nitrogens with zero attached hydrogens (tertiary/aromatic N) is 3. The summed E-state index contributed by atoms with van der Waals surface area (Å²) in [6.07, 6.45) is 0. The first kappa shape index (κ1) is 22.3. The highest BCUT2D eigenvalue weighted by atomic mass is 79.9. The van der Waals surface area contributed by atoms with E-state index in [0.717, 1.165) is 4.47 Å². The predicted molar refractivity (Wildman–Crippen MR) is 117 cm³/mol. The van der Waals surface area contributed by atoms with Gasteiger partial charge in [-0.05, 0) is 36.4 Å². The zero-order chi connectivity index (χ0) is 21.7. The van der Waals surface area contributed by atoms with Gasteiger partial charge in [0.15, 0.2) is 0 Å². The third kappa shape index (κ3) is 5.38. The van der Waals surface area contributed by atoms with Crippen LogP contribution in [0.15, 0.2) is 53.0 Å². The van der Waals surface area contributed by atoms with Crippen LogP contribution in [0, 0.1) is 0 Å². The molecule has 1 fully saturated rings. The number of hydrogen-bond acceptors (Lipinski definition) is 4. The van der Waals surface area contributed by atoms with Gasteiger partial charge in [0.05, 0.1) is 6.61 Å². The van der Waals surface area contributed by atoms with Crippen molar-refractivity contribution in [3.63, 3.8) is 0 Å². The number of rotatable bonds is 7. The fourth-order valence-corrected chi connectivity index (χ4v) is 3.69. The van der Waals surface area contributed by atoms with Crippen molar-refractivity contribution in [3.8, 4) is 0 Å². The van der Waals surface area contributed by atoms with Crippen LogP contribution < -0.4 is 4.90 Å². The van der Waals surface area contributed by atoms with Crippen LogP contribution in [0.5, 0.6) is 0 Å². The number of ether oxygens (including phenoxy) is 1. The van der Waals surface area contributed by atoms with E-state index in [-0.39, 0.29) is 44.0 Å². The Balaban J connectivity index is 1.71. The fourth-order valence-electron chi connectivity index (χ4n) is 3.11. The van der Waals surface area contributed by atoms with Gasteiger partial charge in [0.25, 0.3) is 5.91 Å². The molecule has 0 spiro atoms. The Morgan fingerprint density at radius 1 is 1.20 bits per heavy atom. The predicted octanol–water partition coefficient (Wildman–Crippen LogP) is 3.02. The number of carbonyl (C=O) groups is 3. The molecule has 0 atom stereocenters. The second kappa shape index (κ2) is 10.1. The van der Waals surface area contributed by atoms with Gasteiger partial charge >= 0.3 is 0 Å². The first-order valence-electron chi connectivity index (χ1n) is 9.26. The Hall–Kier alpha value is -2.42. The highest BCUT2D eigenvalue weighted by molar-refractivity contribution is 9.10. The third-order valence-electron chi connectivity index (χ3n) is 4.66. The lowest BCUT2D eigenvalue weighted by molar-refractivity contribution is -0.132. The standard InChI is InChI=1S/C21H21BrClN3O4/c1-30-9-8-24(21(29)15-4-2-5-16(22)10-15)12-19(27)25-13-20(28)26(14-25)18-7-3-6-17(23)11-18/h2-7,10-11H,8-9,12-14H2,1H3. The maximum Gasteiger partial charge on any atom is 0.254 e. The van der Waals surface area contributed by atoms with Gasteiger partial charge in [0.1, 0.15) is 19.8 Å². The number of anilines is 1. The molecule has 9 heteroatoms. The first-order valence-corrected chi connectivity index (χ1v) is 10.4. The molecule has 0 saturated carbocycles. The molecule has 1 aliphatic rings. The van der Waals surface area contributed by atoms with Gasteiger partial charge in [-0.2, -0.15) is 0 Å². The van der Waals surface area contributed by atoms with E-state index in [1.165, 1.54) is 21.8 Å². The van der Waals surface area contributed by atoms with Gasteiger partial charge in [-0.15, -0.1) is 0 Å². The molecule has 30 heavy (non-hydrogen) atoms. The lowest BCUT2D eigenvalue weighted by atomic mass is 10.2. The van der Waals surface area contributed by atoms with E-state index in [0.29, 0.717) is 22.9 Å². The topological polar surface area (TPSA) is 70.2 Å². The normalized spacial score (nSPS) is 13.6.